The number of phenols is 1. The molecular weight excluding hydrogens is 834 g/mol. The Labute approximate surface area is 339 Å². The Morgan fingerprint density at radius 2 is 1.49 bits per heavy atom. The third-order valence-electron chi connectivity index (χ3n) is 11.7. The minimum Gasteiger partial charge on any atom is -0.505 e. The second-order valence-electron chi connectivity index (χ2n) is 14.7. The first kappa shape index (κ1) is 40.2. The van der Waals surface area contributed by atoms with Gasteiger partial charge in [-0.15, -0.1) is 0 Å². The van der Waals surface area contributed by atoms with Crippen LogP contribution in [0.1, 0.15) is 41.0 Å². The van der Waals surface area contributed by atoms with Crippen LogP contribution in [0.15, 0.2) is 90.5 Å². The number of phenolic OH excluding ortho intramolecular Hbond substituents is 1. The van der Waals surface area contributed by atoms with Crippen LogP contribution in [-0.2, 0) is 36.9 Å². The molecule has 0 aromatic heterocycles. The summed E-state index contributed by atoms with van der Waals surface area (Å²) in [7, 11) is 1.40. The molecule has 0 spiro atoms. The summed E-state index contributed by atoms with van der Waals surface area (Å²) in [5.41, 5.74) is -3.36. The third kappa shape index (κ3) is 6.21. The van der Waals surface area contributed by atoms with Crippen LogP contribution in [0.25, 0.3) is 0 Å². The van der Waals surface area contributed by atoms with Gasteiger partial charge in [0.2, 0.25) is 11.8 Å². The standard InChI is InChI=1S/C41H28Cl2F7N3O6/c1-59-23-8-5-18(6-9-23)39-28(36(56)53(38(39)58)51-31-12-7-21(42)16-29(31)43)17-27-24(33(39)26-3-2-4-30(44)34(26)54)10-11-25-32(27)37(57)52(35(25)55)22-14-19(40(45,46)47)13-20(15-22)41(48,49)50/h2-10,12-16,25,27-28,32-33,51,54H,11,17H2,1H3/t25-,27+,28-,32-,33+,39+/m0/s1. The van der Waals surface area contributed by atoms with E-state index in [2.05, 4.69) is 5.43 Å². The Bertz CT molecular complexity index is 2460. The number of amides is 4. The molecule has 1 saturated carbocycles. The number of halogens is 9. The van der Waals surface area contributed by atoms with Gasteiger partial charge < -0.3 is 9.84 Å². The maximum Gasteiger partial charge on any atom is 0.416 e. The molecule has 2 heterocycles. The van der Waals surface area contributed by atoms with Crippen molar-refractivity contribution in [2.24, 2.45) is 23.7 Å². The molecule has 59 heavy (non-hydrogen) atoms. The maximum atomic E-state index is 15.4. The van der Waals surface area contributed by atoms with Crippen molar-refractivity contribution in [3.8, 4) is 11.5 Å². The first-order valence-corrected chi connectivity index (χ1v) is 18.6. The number of carbonyl (C=O) groups is 4. The van der Waals surface area contributed by atoms with Gasteiger partial charge in [-0.1, -0.05) is 59.1 Å². The molecule has 18 heteroatoms. The van der Waals surface area contributed by atoms with Crippen LogP contribution in [0.3, 0.4) is 0 Å². The van der Waals surface area contributed by atoms with Gasteiger partial charge in [-0.25, -0.2) is 9.29 Å². The van der Waals surface area contributed by atoms with Gasteiger partial charge >= 0.3 is 12.4 Å². The number of hydrazine groups is 1. The summed E-state index contributed by atoms with van der Waals surface area (Å²) < 4.78 is 104. The summed E-state index contributed by atoms with van der Waals surface area (Å²) in [6, 6.07) is 14.3. The lowest BCUT2D eigenvalue weighted by Gasteiger charge is -2.50. The Hall–Kier alpha value is -5.61. The van der Waals surface area contributed by atoms with Crippen LogP contribution < -0.4 is 15.1 Å². The van der Waals surface area contributed by atoms with Crippen molar-refractivity contribution >= 4 is 58.2 Å². The molecule has 4 amide bonds. The topological polar surface area (TPSA) is 116 Å². The van der Waals surface area contributed by atoms with Crippen molar-refractivity contribution in [3.05, 3.63) is 129 Å². The average molecular weight is 863 g/mol. The number of imide groups is 2. The summed E-state index contributed by atoms with van der Waals surface area (Å²) >= 11 is 12.5. The average Bonchev–Trinajstić information content (AvgIpc) is 3.56. The fourth-order valence-electron chi connectivity index (χ4n) is 9.27. The molecule has 2 N–H and O–H groups in total. The number of ether oxygens (including phenoxy) is 1. The van der Waals surface area contributed by atoms with Gasteiger partial charge in [-0.3, -0.25) is 24.6 Å². The van der Waals surface area contributed by atoms with E-state index in [4.69, 9.17) is 27.9 Å². The van der Waals surface area contributed by atoms with Crippen molar-refractivity contribution in [2.75, 3.05) is 17.4 Å². The van der Waals surface area contributed by atoms with E-state index < -0.39 is 99.4 Å². The number of nitrogens with one attached hydrogen (secondary N) is 1. The number of fused-ring (bicyclic) bond motifs is 4. The zero-order chi connectivity index (χ0) is 42.5. The molecule has 4 aromatic rings. The summed E-state index contributed by atoms with van der Waals surface area (Å²) in [6.07, 6.45) is -9.71. The highest BCUT2D eigenvalue weighted by molar-refractivity contribution is 6.36. The number of anilines is 2. The number of rotatable bonds is 6. The van der Waals surface area contributed by atoms with E-state index in [1.807, 2.05) is 0 Å². The van der Waals surface area contributed by atoms with Crippen molar-refractivity contribution in [3.63, 3.8) is 0 Å². The smallest absolute Gasteiger partial charge is 0.416 e. The lowest BCUT2D eigenvalue weighted by Crippen LogP contribution is -2.53. The number of hydrogen-bond acceptors (Lipinski definition) is 7. The van der Waals surface area contributed by atoms with E-state index in [-0.39, 0.29) is 63.5 Å². The molecule has 0 radical (unpaired) electrons. The van der Waals surface area contributed by atoms with E-state index in [0.29, 0.717) is 10.6 Å². The van der Waals surface area contributed by atoms with E-state index in [0.717, 1.165) is 11.1 Å². The predicted octanol–water partition coefficient (Wildman–Crippen LogP) is 9.07. The van der Waals surface area contributed by atoms with Crippen LogP contribution in [0, 0.1) is 29.5 Å². The summed E-state index contributed by atoms with van der Waals surface area (Å²) in [5, 5.41) is 12.4. The molecule has 9 nitrogen and oxygen atoms in total. The van der Waals surface area contributed by atoms with Crippen molar-refractivity contribution in [1.29, 1.82) is 0 Å². The quantitative estimate of drug-likeness (QED) is 0.113. The molecular formula is C41H28Cl2F7N3O6. The Kier molecular flexibility index (Phi) is 9.54. The molecule has 8 rings (SSSR count). The van der Waals surface area contributed by atoms with Crippen LogP contribution in [-0.4, -0.2) is 40.9 Å². The normalized spacial score (nSPS) is 25.5. The number of allylic oxidation sites excluding steroid dienone is 2. The third-order valence-corrected chi connectivity index (χ3v) is 12.3. The molecule has 2 aliphatic heterocycles. The number of nitrogens with zero attached hydrogens (tertiary/aromatic N) is 2. The fraction of sp³-hybridized carbons (Fsp3) is 0.268. The van der Waals surface area contributed by atoms with Gasteiger partial charge in [-0.2, -0.15) is 31.4 Å². The molecule has 6 atom stereocenters. The lowest BCUT2D eigenvalue weighted by molar-refractivity contribution is -0.143. The highest BCUT2D eigenvalue weighted by Gasteiger charge is 2.71. The number of carbonyl (C=O) groups excluding carboxylic acids is 4. The van der Waals surface area contributed by atoms with Crippen LogP contribution in [0.2, 0.25) is 10.0 Å². The number of aromatic hydroxyl groups is 1. The summed E-state index contributed by atoms with van der Waals surface area (Å²) in [4.78, 5) is 59.0. The van der Waals surface area contributed by atoms with Crippen LogP contribution in [0.5, 0.6) is 11.5 Å². The highest BCUT2D eigenvalue weighted by Crippen LogP contribution is 2.65. The number of hydrogen-bond donors (Lipinski definition) is 2. The molecule has 2 saturated heterocycles. The molecule has 0 bridgehead atoms. The van der Waals surface area contributed by atoms with Crippen molar-refractivity contribution in [2.45, 2.75) is 36.5 Å². The SMILES string of the molecule is COc1ccc([C@@]23C(=O)N(Nc4ccc(Cl)cc4Cl)C(=O)[C@@H]2C[C@@H]2C(=CC[C@@H]4C(=O)N(c5cc(C(F)(F)F)cc(C(F)(F)F)c5)C(=O)[C@@H]42)[C@@H]3c2cccc(F)c2O)cc1. The lowest BCUT2D eigenvalue weighted by atomic mass is 9.49. The Balaban J connectivity index is 1.32. The maximum absolute atomic E-state index is 15.4. The molecule has 4 aliphatic rings. The summed E-state index contributed by atoms with van der Waals surface area (Å²) in [6.45, 7) is 0. The molecule has 2 aliphatic carbocycles. The van der Waals surface area contributed by atoms with Gasteiger partial charge in [0, 0.05) is 16.5 Å². The first-order chi connectivity index (χ1) is 27.8. The van der Waals surface area contributed by atoms with Crippen molar-refractivity contribution < 1.29 is 59.8 Å². The molecule has 3 fully saturated rings. The second kappa shape index (κ2) is 14.0. The minimum atomic E-state index is -5.29. The van der Waals surface area contributed by atoms with E-state index in [1.165, 1.54) is 67.8 Å². The monoisotopic (exact) mass is 861 g/mol. The largest absolute Gasteiger partial charge is 0.505 e. The fourth-order valence-corrected chi connectivity index (χ4v) is 9.73. The van der Waals surface area contributed by atoms with Gasteiger partial charge in [0.25, 0.3) is 11.8 Å². The van der Waals surface area contributed by atoms with Crippen LogP contribution >= 0.6 is 23.2 Å². The molecule has 306 valence electrons. The van der Waals surface area contributed by atoms with Gasteiger partial charge in [0.1, 0.15) is 5.75 Å². The molecule has 4 aromatic carbocycles. The number of para-hydroxylation sites is 1. The van der Waals surface area contributed by atoms with E-state index in [9.17, 15) is 45.8 Å². The van der Waals surface area contributed by atoms with E-state index in [1.54, 1.807) is 0 Å². The van der Waals surface area contributed by atoms with E-state index >= 15 is 9.18 Å². The zero-order valence-corrected chi connectivity index (χ0v) is 31.7. The van der Waals surface area contributed by atoms with Crippen molar-refractivity contribution in [1.82, 2.24) is 5.01 Å². The Morgan fingerprint density at radius 1 is 0.831 bits per heavy atom. The van der Waals surface area contributed by atoms with Gasteiger partial charge in [0.15, 0.2) is 11.6 Å². The van der Waals surface area contributed by atoms with Gasteiger partial charge in [-0.05, 0) is 78.9 Å². The number of alkyl halides is 6. The van der Waals surface area contributed by atoms with Crippen LogP contribution in [0.4, 0.5) is 42.1 Å². The second-order valence-corrected chi connectivity index (χ2v) is 15.5. The number of methoxy groups -OCH3 is 1. The predicted molar refractivity (Wildman–Crippen MR) is 198 cm³/mol. The van der Waals surface area contributed by atoms with Gasteiger partial charge in [0.05, 0.1) is 57.8 Å². The number of benzene rings is 4. The summed E-state index contributed by atoms with van der Waals surface area (Å²) in [5.74, 6) is -12.4. The first-order valence-electron chi connectivity index (χ1n) is 17.9. The highest BCUT2D eigenvalue weighted by atomic mass is 35.5. The molecule has 0 unspecified atom stereocenters. The zero-order valence-electron chi connectivity index (χ0n) is 30.2. The minimum absolute atomic E-state index is 0.0171. The Morgan fingerprint density at radius 3 is 2.10 bits per heavy atom.